The van der Waals surface area contributed by atoms with Gasteiger partial charge in [0.05, 0.1) is 11.9 Å². The van der Waals surface area contributed by atoms with Gasteiger partial charge in [0.1, 0.15) is 23.0 Å². The molecule has 35 heavy (non-hydrogen) atoms. The van der Waals surface area contributed by atoms with Gasteiger partial charge in [0.2, 0.25) is 0 Å². The summed E-state index contributed by atoms with van der Waals surface area (Å²) in [6, 6.07) is 27.4. The number of carbonyl (C=O) groups is 1. The van der Waals surface area contributed by atoms with Crippen LogP contribution in [0.2, 0.25) is 0 Å². The van der Waals surface area contributed by atoms with Crippen LogP contribution in [0.4, 0.5) is 5.69 Å². The van der Waals surface area contributed by atoms with Crippen molar-refractivity contribution in [3.63, 3.8) is 0 Å². The summed E-state index contributed by atoms with van der Waals surface area (Å²) in [5.74, 6) is 2.40. The van der Waals surface area contributed by atoms with Crippen molar-refractivity contribution in [1.29, 1.82) is 0 Å². The Bertz CT molecular complexity index is 1450. The van der Waals surface area contributed by atoms with Gasteiger partial charge in [-0.25, -0.2) is 0 Å². The average molecular weight is 463 g/mol. The van der Waals surface area contributed by atoms with Crippen LogP contribution in [0.5, 0.6) is 23.0 Å². The third-order valence-electron chi connectivity index (χ3n) is 5.16. The molecule has 0 fully saturated rings. The van der Waals surface area contributed by atoms with E-state index in [4.69, 9.17) is 9.47 Å². The van der Waals surface area contributed by atoms with Gasteiger partial charge in [0.15, 0.2) is 0 Å². The van der Waals surface area contributed by atoms with E-state index in [9.17, 15) is 4.79 Å². The predicted molar refractivity (Wildman–Crippen MR) is 134 cm³/mol. The molecule has 0 aliphatic heterocycles. The van der Waals surface area contributed by atoms with E-state index in [-0.39, 0.29) is 5.91 Å². The van der Waals surface area contributed by atoms with Gasteiger partial charge in [0.25, 0.3) is 5.91 Å². The molecule has 0 saturated carbocycles. The minimum absolute atomic E-state index is 0.226. The summed E-state index contributed by atoms with van der Waals surface area (Å²) in [4.78, 5) is 17.1. The zero-order valence-electron chi connectivity index (χ0n) is 19.0. The minimum Gasteiger partial charge on any atom is -0.457 e. The lowest BCUT2D eigenvalue weighted by Gasteiger charge is -2.10. The maximum absolute atomic E-state index is 12.7. The molecule has 0 radical (unpaired) electrons. The fourth-order valence-electron chi connectivity index (χ4n) is 3.46. The van der Waals surface area contributed by atoms with Gasteiger partial charge in [0, 0.05) is 48.4 Å². The first kappa shape index (κ1) is 21.9. The fraction of sp³-hybridized carbons (Fsp3) is 0.0357. The maximum Gasteiger partial charge on any atom is 0.255 e. The summed E-state index contributed by atoms with van der Waals surface area (Å²) in [5.41, 5.74) is 2.81. The number of anilines is 1. The van der Waals surface area contributed by atoms with Crippen molar-refractivity contribution < 1.29 is 14.3 Å². The lowest BCUT2D eigenvalue weighted by Crippen LogP contribution is -2.11. The van der Waals surface area contributed by atoms with E-state index in [1.807, 2.05) is 67.8 Å². The number of aromatic nitrogens is 3. The number of aryl methyl sites for hydroxylation is 1. The molecule has 2 heterocycles. The second kappa shape index (κ2) is 9.93. The molecule has 5 rings (SSSR count). The van der Waals surface area contributed by atoms with Gasteiger partial charge in [-0.3, -0.25) is 14.5 Å². The summed E-state index contributed by atoms with van der Waals surface area (Å²) in [6.45, 7) is 0. The van der Waals surface area contributed by atoms with Crippen molar-refractivity contribution in [3.8, 4) is 34.3 Å². The number of pyridine rings is 1. The number of hydrogen-bond donors (Lipinski definition) is 1. The van der Waals surface area contributed by atoms with Crippen LogP contribution in [-0.4, -0.2) is 20.7 Å². The highest BCUT2D eigenvalue weighted by Gasteiger charge is 2.09. The van der Waals surface area contributed by atoms with Crippen molar-refractivity contribution >= 4 is 11.6 Å². The molecule has 1 amide bonds. The highest BCUT2D eigenvalue weighted by Crippen LogP contribution is 2.27. The first-order chi connectivity index (χ1) is 17.1. The van der Waals surface area contributed by atoms with E-state index in [0.29, 0.717) is 28.5 Å². The second-order valence-corrected chi connectivity index (χ2v) is 7.80. The Labute approximate surface area is 202 Å². The molecule has 2 aromatic heterocycles. The SMILES string of the molecule is Cn1cc(-c2cc(Oc3cccc(NC(=O)c4ccc(Oc5ccccc5)cc4)c3)ccn2)cn1. The number of ether oxygens (including phenoxy) is 2. The third kappa shape index (κ3) is 5.54. The highest BCUT2D eigenvalue weighted by atomic mass is 16.5. The van der Waals surface area contributed by atoms with Gasteiger partial charge < -0.3 is 14.8 Å². The van der Waals surface area contributed by atoms with Crippen molar-refractivity contribution in [2.75, 3.05) is 5.32 Å². The zero-order chi connectivity index (χ0) is 24.0. The number of nitrogens with one attached hydrogen (secondary N) is 1. The van der Waals surface area contributed by atoms with Gasteiger partial charge in [-0.2, -0.15) is 5.10 Å². The van der Waals surface area contributed by atoms with E-state index in [0.717, 1.165) is 17.0 Å². The molecule has 0 aliphatic rings. The van der Waals surface area contributed by atoms with Crippen LogP contribution in [-0.2, 0) is 7.05 Å². The molecule has 0 spiro atoms. The molecule has 7 nitrogen and oxygen atoms in total. The molecule has 0 aliphatic carbocycles. The van der Waals surface area contributed by atoms with Crippen molar-refractivity contribution in [1.82, 2.24) is 14.8 Å². The van der Waals surface area contributed by atoms with Crippen LogP contribution < -0.4 is 14.8 Å². The topological polar surface area (TPSA) is 78.3 Å². The first-order valence-corrected chi connectivity index (χ1v) is 11.0. The normalized spacial score (nSPS) is 10.5. The lowest BCUT2D eigenvalue weighted by molar-refractivity contribution is 0.102. The van der Waals surface area contributed by atoms with Gasteiger partial charge in [-0.05, 0) is 54.6 Å². The van der Waals surface area contributed by atoms with Crippen LogP contribution in [0.3, 0.4) is 0 Å². The molecule has 0 atom stereocenters. The number of nitrogens with zero attached hydrogens (tertiary/aromatic N) is 3. The summed E-state index contributed by atoms with van der Waals surface area (Å²) >= 11 is 0. The molecule has 5 aromatic rings. The quantitative estimate of drug-likeness (QED) is 0.306. The molecule has 3 aromatic carbocycles. The standard InChI is InChI=1S/C28H22N4O3/c1-32-19-21(18-30-32)27-17-26(14-15-29-27)35-25-9-5-6-22(16-25)31-28(33)20-10-12-24(13-11-20)34-23-7-3-2-4-8-23/h2-19H,1H3,(H,31,33). The van der Waals surface area contributed by atoms with E-state index < -0.39 is 0 Å². The fourth-order valence-corrected chi connectivity index (χ4v) is 3.46. The Morgan fingerprint density at radius 3 is 2.29 bits per heavy atom. The Morgan fingerprint density at radius 1 is 0.800 bits per heavy atom. The minimum atomic E-state index is -0.226. The lowest BCUT2D eigenvalue weighted by atomic mass is 10.2. The Balaban J connectivity index is 1.24. The summed E-state index contributed by atoms with van der Waals surface area (Å²) in [7, 11) is 1.86. The number of para-hydroxylation sites is 1. The Morgan fingerprint density at radius 2 is 1.51 bits per heavy atom. The van der Waals surface area contributed by atoms with Crippen LogP contribution in [0.25, 0.3) is 11.3 Å². The smallest absolute Gasteiger partial charge is 0.255 e. The molecule has 172 valence electrons. The largest absolute Gasteiger partial charge is 0.457 e. The van der Waals surface area contributed by atoms with Gasteiger partial charge in [-0.15, -0.1) is 0 Å². The summed E-state index contributed by atoms with van der Waals surface area (Å²) in [5, 5.41) is 7.09. The average Bonchev–Trinajstić information content (AvgIpc) is 3.32. The summed E-state index contributed by atoms with van der Waals surface area (Å²) in [6.07, 6.45) is 5.33. The summed E-state index contributed by atoms with van der Waals surface area (Å²) < 4.78 is 13.5. The number of amides is 1. The highest BCUT2D eigenvalue weighted by molar-refractivity contribution is 6.04. The van der Waals surface area contributed by atoms with Gasteiger partial charge in [-0.1, -0.05) is 24.3 Å². The Hall–Kier alpha value is -4.91. The van der Waals surface area contributed by atoms with E-state index in [1.165, 1.54) is 0 Å². The molecular formula is C28H22N4O3. The van der Waals surface area contributed by atoms with E-state index in [2.05, 4.69) is 15.4 Å². The molecular weight excluding hydrogens is 440 g/mol. The Kier molecular flexibility index (Phi) is 6.21. The number of rotatable bonds is 7. The van der Waals surface area contributed by atoms with Crippen molar-refractivity contribution in [3.05, 3.63) is 115 Å². The van der Waals surface area contributed by atoms with Crippen LogP contribution in [0.15, 0.2) is 110 Å². The molecule has 0 bridgehead atoms. The molecule has 0 saturated heterocycles. The number of hydrogen-bond acceptors (Lipinski definition) is 5. The van der Waals surface area contributed by atoms with Crippen molar-refractivity contribution in [2.45, 2.75) is 0 Å². The second-order valence-electron chi connectivity index (χ2n) is 7.80. The molecule has 1 N–H and O–H groups in total. The monoisotopic (exact) mass is 462 g/mol. The maximum atomic E-state index is 12.7. The van der Waals surface area contributed by atoms with E-state index in [1.54, 1.807) is 53.5 Å². The third-order valence-corrected chi connectivity index (χ3v) is 5.16. The number of benzene rings is 3. The van der Waals surface area contributed by atoms with Crippen LogP contribution in [0.1, 0.15) is 10.4 Å². The van der Waals surface area contributed by atoms with Crippen molar-refractivity contribution in [2.24, 2.45) is 7.05 Å². The first-order valence-electron chi connectivity index (χ1n) is 11.0. The zero-order valence-corrected chi connectivity index (χ0v) is 19.0. The van der Waals surface area contributed by atoms with E-state index >= 15 is 0 Å². The number of carbonyl (C=O) groups excluding carboxylic acids is 1. The predicted octanol–water partition coefficient (Wildman–Crippen LogP) is 6.32. The van der Waals surface area contributed by atoms with Crippen LogP contribution in [0, 0.1) is 0 Å². The van der Waals surface area contributed by atoms with Gasteiger partial charge >= 0.3 is 0 Å². The molecule has 7 heteroatoms. The van der Waals surface area contributed by atoms with Crippen LogP contribution >= 0.6 is 0 Å². The molecule has 0 unspecified atom stereocenters.